The van der Waals surface area contributed by atoms with E-state index in [0.29, 0.717) is 36.2 Å². The van der Waals surface area contributed by atoms with Crippen molar-refractivity contribution in [3.05, 3.63) is 66.2 Å². The third kappa shape index (κ3) is 8.35. The lowest BCUT2D eigenvalue weighted by Gasteiger charge is -2.12. The fourth-order valence-electron chi connectivity index (χ4n) is 2.35. The van der Waals surface area contributed by atoms with Crippen molar-refractivity contribution >= 4 is 28.9 Å². The Morgan fingerprint density at radius 1 is 1.10 bits per heavy atom. The number of hydrogen-bond acceptors (Lipinski definition) is 4. The van der Waals surface area contributed by atoms with Crippen LogP contribution in [0.5, 0.6) is 11.5 Å². The van der Waals surface area contributed by atoms with E-state index in [1.165, 1.54) is 0 Å². The van der Waals surface area contributed by atoms with E-state index in [-0.39, 0.29) is 11.0 Å². The molecule has 0 saturated carbocycles. The summed E-state index contributed by atoms with van der Waals surface area (Å²) in [6.45, 7) is 11.1. The summed E-state index contributed by atoms with van der Waals surface area (Å²) in [5.41, 5.74) is 2.14. The van der Waals surface area contributed by atoms with Crippen LogP contribution in [0.1, 0.15) is 37.6 Å². The van der Waals surface area contributed by atoms with Gasteiger partial charge in [-0.05, 0) is 67.4 Å². The van der Waals surface area contributed by atoms with E-state index >= 15 is 0 Å². The third-order valence-electron chi connectivity index (χ3n) is 3.86. The molecule has 29 heavy (non-hydrogen) atoms. The Labute approximate surface area is 178 Å². The molecule has 1 amide bonds. The molecule has 0 atom stereocenters. The van der Waals surface area contributed by atoms with Crippen molar-refractivity contribution in [2.75, 3.05) is 18.5 Å². The Balaban J connectivity index is 1.91. The predicted molar refractivity (Wildman–Crippen MR) is 122 cm³/mol. The Kier molecular flexibility index (Phi) is 8.68. The number of benzene rings is 2. The molecule has 0 saturated heterocycles. The molecule has 2 N–H and O–H groups in total. The largest absolute Gasteiger partial charge is 0.494 e. The third-order valence-corrected chi connectivity index (χ3v) is 4.07. The minimum Gasteiger partial charge on any atom is -0.494 e. The summed E-state index contributed by atoms with van der Waals surface area (Å²) in [5.74, 6) is 1.62. The smallest absolute Gasteiger partial charge is 0.257 e. The first-order valence-corrected chi connectivity index (χ1v) is 9.96. The van der Waals surface area contributed by atoms with E-state index in [4.69, 9.17) is 21.7 Å². The van der Waals surface area contributed by atoms with Gasteiger partial charge in [0, 0.05) is 17.3 Å². The van der Waals surface area contributed by atoms with Gasteiger partial charge in [-0.3, -0.25) is 10.1 Å². The first-order valence-electron chi connectivity index (χ1n) is 9.56. The Morgan fingerprint density at radius 3 is 2.48 bits per heavy atom. The second kappa shape index (κ2) is 11.2. The number of rotatable bonds is 9. The van der Waals surface area contributed by atoms with Crippen molar-refractivity contribution in [3.63, 3.8) is 0 Å². The van der Waals surface area contributed by atoms with Crippen LogP contribution in [0.4, 0.5) is 5.69 Å². The zero-order valence-electron chi connectivity index (χ0n) is 17.2. The van der Waals surface area contributed by atoms with Gasteiger partial charge in [0.15, 0.2) is 5.11 Å². The van der Waals surface area contributed by atoms with E-state index in [0.717, 1.165) is 17.7 Å². The molecule has 2 aromatic carbocycles. The molecule has 2 rings (SSSR count). The van der Waals surface area contributed by atoms with Crippen molar-refractivity contribution in [1.29, 1.82) is 0 Å². The van der Waals surface area contributed by atoms with Gasteiger partial charge in [0.1, 0.15) is 18.1 Å². The highest BCUT2D eigenvalue weighted by Gasteiger charge is 2.10. The highest BCUT2D eigenvalue weighted by Crippen LogP contribution is 2.18. The average molecular weight is 413 g/mol. The van der Waals surface area contributed by atoms with E-state index < -0.39 is 0 Å². The van der Waals surface area contributed by atoms with Crippen molar-refractivity contribution < 1.29 is 14.3 Å². The molecule has 0 fully saturated rings. The zero-order valence-corrected chi connectivity index (χ0v) is 18.0. The number of carbonyl (C=O) groups excluding carboxylic acids is 1. The van der Waals surface area contributed by atoms with Gasteiger partial charge in [-0.15, -0.1) is 0 Å². The summed E-state index contributed by atoms with van der Waals surface area (Å²) >= 11 is 5.26. The van der Waals surface area contributed by atoms with Crippen LogP contribution >= 0.6 is 12.2 Å². The maximum atomic E-state index is 12.5. The number of hydrogen-bond donors (Lipinski definition) is 2. The number of thiocarbonyl (C=S) groups is 1. The summed E-state index contributed by atoms with van der Waals surface area (Å²) in [4.78, 5) is 12.5. The second-order valence-electron chi connectivity index (χ2n) is 7.24. The van der Waals surface area contributed by atoms with Crippen LogP contribution in [-0.4, -0.2) is 24.2 Å². The number of ether oxygens (including phenoxy) is 2. The molecule has 6 heteroatoms. The van der Waals surface area contributed by atoms with Crippen LogP contribution in [0.2, 0.25) is 0 Å². The monoisotopic (exact) mass is 412 g/mol. The number of carbonyl (C=O) groups is 1. The summed E-state index contributed by atoms with van der Waals surface area (Å²) in [6.07, 6.45) is 0.958. The molecular formula is C23H28N2O3S. The molecular weight excluding hydrogens is 384 g/mol. The first kappa shape index (κ1) is 22.4. The Bertz CT molecular complexity index is 865. The first-order chi connectivity index (χ1) is 13.8. The quantitative estimate of drug-likeness (QED) is 0.438. The van der Waals surface area contributed by atoms with Crippen LogP contribution in [0, 0.1) is 5.92 Å². The van der Waals surface area contributed by atoms with E-state index in [1.807, 2.05) is 37.3 Å². The highest BCUT2D eigenvalue weighted by molar-refractivity contribution is 7.80. The van der Waals surface area contributed by atoms with Gasteiger partial charge in [0.05, 0.1) is 6.61 Å². The number of anilines is 1. The molecule has 0 aliphatic carbocycles. The number of nitrogens with one attached hydrogen (secondary N) is 2. The van der Waals surface area contributed by atoms with Gasteiger partial charge in [-0.2, -0.15) is 0 Å². The van der Waals surface area contributed by atoms with Crippen molar-refractivity contribution in [1.82, 2.24) is 5.32 Å². The molecule has 2 aromatic rings. The van der Waals surface area contributed by atoms with Crippen LogP contribution < -0.4 is 20.1 Å². The van der Waals surface area contributed by atoms with Crippen LogP contribution in [0.15, 0.2) is 60.7 Å². The minimum atomic E-state index is -0.300. The van der Waals surface area contributed by atoms with E-state index in [9.17, 15) is 4.79 Å². The molecule has 5 nitrogen and oxygen atoms in total. The van der Waals surface area contributed by atoms with Gasteiger partial charge >= 0.3 is 0 Å². The SMILES string of the molecule is C=C(C)COc1cccc(NC(=S)NC(=O)c2cccc(OCCC(C)C)c2)c1. The maximum absolute atomic E-state index is 12.5. The zero-order chi connectivity index (χ0) is 21.2. The van der Waals surface area contributed by atoms with Crippen molar-refractivity contribution in [2.45, 2.75) is 27.2 Å². The molecule has 0 spiro atoms. The average Bonchev–Trinajstić information content (AvgIpc) is 2.66. The standard InChI is InChI=1S/C23H28N2O3S/c1-16(2)11-12-27-20-9-5-7-18(13-20)22(26)25-23(29)24-19-8-6-10-21(14-19)28-15-17(3)4/h5-10,13-14,16H,3,11-12,15H2,1-2,4H3,(H2,24,25,26,29). The fraction of sp³-hybridized carbons (Fsp3) is 0.304. The summed E-state index contributed by atoms with van der Waals surface area (Å²) < 4.78 is 11.3. The van der Waals surface area contributed by atoms with Gasteiger partial charge in [0.2, 0.25) is 0 Å². The van der Waals surface area contributed by atoms with Gasteiger partial charge in [0.25, 0.3) is 5.91 Å². The molecule has 0 radical (unpaired) electrons. The van der Waals surface area contributed by atoms with Gasteiger partial charge < -0.3 is 14.8 Å². The second-order valence-corrected chi connectivity index (χ2v) is 7.65. The maximum Gasteiger partial charge on any atom is 0.257 e. The normalized spacial score (nSPS) is 10.3. The molecule has 0 heterocycles. The molecule has 0 aromatic heterocycles. The Morgan fingerprint density at radius 2 is 1.79 bits per heavy atom. The highest BCUT2D eigenvalue weighted by atomic mass is 32.1. The lowest BCUT2D eigenvalue weighted by molar-refractivity contribution is 0.0977. The van der Waals surface area contributed by atoms with E-state index in [1.54, 1.807) is 18.2 Å². The summed E-state index contributed by atoms with van der Waals surface area (Å²) in [7, 11) is 0. The van der Waals surface area contributed by atoms with Crippen molar-refractivity contribution in [3.8, 4) is 11.5 Å². The molecule has 0 unspecified atom stereocenters. The number of amides is 1. The summed E-state index contributed by atoms with van der Waals surface area (Å²) in [5, 5.41) is 5.89. The van der Waals surface area contributed by atoms with Crippen molar-refractivity contribution in [2.24, 2.45) is 5.92 Å². The predicted octanol–water partition coefficient (Wildman–Crippen LogP) is 5.19. The molecule has 0 bridgehead atoms. The summed E-state index contributed by atoms with van der Waals surface area (Å²) in [6, 6.07) is 14.4. The van der Waals surface area contributed by atoms with Crippen LogP contribution in [0.25, 0.3) is 0 Å². The topological polar surface area (TPSA) is 59.6 Å². The molecule has 0 aliphatic rings. The fourth-order valence-corrected chi connectivity index (χ4v) is 2.56. The molecule has 0 aliphatic heterocycles. The Hall–Kier alpha value is -2.86. The lowest BCUT2D eigenvalue weighted by atomic mass is 10.1. The van der Waals surface area contributed by atoms with E-state index in [2.05, 4.69) is 31.1 Å². The minimum absolute atomic E-state index is 0.207. The van der Waals surface area contributed by atoms with Crippen LogP contribution in [-0.2, 0) is 0 Å². The lowest BCUT2D eigenvalue weighted by Crippen LogP contribution is -2.34. The molecule has 154 valence electrons. The van der Waals surface area contributed by atoms with Gasteiger partial charge in [-0.1, -0.05) is 32.6 Å². The van der Waals surface area contributed by atoms with Crippen LogP contribution in [0.3, 0.4) is 0 Å². The van der Waals surface area contributed by atoms with Gasteiger partial charge in [-0.25, -0.2) is 0 Å².